The number of hydrogen-bond acceptors (Lipinski definition) is 2. The summed E-state index contributed by atoms with van der Waals surface area (Å²) >= 11 is 12.2. The first-order valence-corrected chi connectivity index (χ1v) is 7.11. The van der Waals surface area contributed by atoms with Crippen LogP contribution in [0.5, 0.6) is 0 Å². The Kier molecular flexibility index (Phi) is 3.31. The van der Waals surface area contributed by atoms with Crippen LogP contribution in [-0.2, 0) is 10.2 Å². The third-order valence-electron chi connectivity index (χ3n) is 4.61. The minimum Gasteiger partial charge on any atom is -0.385 e. The fourth-order valence-electron chi connectivity index (χ4n) is 3.65. The smallest absolute Gasteiger partial charge is 0.0595 e. The quantitative estimate of drug-likeness (QED) is 0.918. The van der Waals surface area contributed by atoms with Crippen molar-refractivity contribution in [3.8, 4) is 0 Å². The normalized spacial score (nSPS) is 33.5. The molecule has 0 bridgehead atoms. The molecule has 3 rings (SSSR count). The van der Waals surface area contributed by atoms with E-state index in [1.807, 2.05) is 12.1 Å². The lowest BCUT2D eigenvalue weighted by Gasteiger charge is -2.22. The van der Waals surface area contributed by atoms with Gasteiger partial charge >= 0.3 is 0 Å². The predicted octanol–water partition coefficient (Wildman–Crippen LogP) is 3.12. The van der Waals surface area contributed by atoms with Crippen LogP contribution in [0.1, 0.15) is 12.0 Å². The fourth-order valence-corrected chi connectivity index (χ4v) is 3.95. The summed E-state index contributed by atoms with van der Waals surface area (Å²) < 4.78 is 5.28. The van der Waals surface area contributed by atoms with Crippen LogP contribution in [0.4, 0.5) is 0 Å². The maximum Gasteiger partial charge on any atom is 0.0595 e. The average molecular weight is 286 g/mol. The van der Waals surface area contributed by atoms with Crippen LogP contribution in [0.25, 0.3) is 0 Å². The predicted molar refractivity (Wildman–Crippen MR) is 74.5 cm³/mol. The van der Waals surface area contributed by atoms with Crippen molar-refractivity contribution in [1.29, 1.82) is 0 Å². The topological polar surface area (TPSA) is 21.3 Å². The van der Waals surface area contributed by atoms with Gasteiger partial charge in [0.15, 0.2) is 0 Å². The van der Waals surface area contributed by atoms with E-state index >= 15 is 0 Å². The summed E-state index contributed by atoms with van der Waals surface area (Å²) in [5, 5.41) is 4.74. The Hall–Kier alpha value is -0.280. The highest BCUT2D eigenvalue weighted by molar-refractivity contribution is 6.42. The molecule has 1 saturated heterocycles. The molecule has 98 valence electrons. The van der Waals surface area contributed by atoms with E-state index < -0.39 is 0 Å². The summed E-state index contributed by atoms with van der Waals surface area (Å²) in [6, 6.07) is 6.08. The molecule has 1 saturated carbocycles. The maximum atomic E-state index is 6.16. The zero-order valence-electron chi connectivity index (χ0n) is 10.4. The summed E-state index contributed by atoms with van der Waals surface area (Å²) in [6.07, 6.45) is 1.07. The summed E-state index contributed by atoms with van der Waals surface area (Å²) in [4.78, 5) is 0. The third kappa shape index (κ3) is 1.78. The Morgan fingerprint density at radius 3 is 2.61 bits per heavy atom. The van der Waals surface area contributed by atoms with Crippen LogP contribution >= 0.6 is 23.2 Å². The summed E-state index contributed by atoms with van der Waals surface area (Å²) in [6.45, 7) is 3.01. The van der Waals surface area contributed by atoms with Gasteiger partial charge in [-0.25, -0.2) is 0 Å². The lowest BCUT2D eigenvalue weighted by Crippen LogP contribution is -2.26. The lowest BCUT2D eigenvalue weighted by molar-refractivity contribution is 0.179. The van der Waals surface area contributed by atoms with Crippen LogP contribution in [0.3, 0.4) is 0 Å². The van der Waals surface area contributed by atoms with Gasteiger partial charge in [-0.15, -0.1) is 0 Å². The minimum absolute atomic E-state index is 0.259. The van der Waals surface area contributed by atoms with Gasteiger partial charge in [0.25, 0.3) is 0 Å². The molecule has 2 aliphatic rings. The monoisotopic (exact) mass is 285 g/mol. The second-order valence-corrected chi connectivity index (χ2v) is 6.10. The molecule has 2 nitrogen and oxygen atoms in total. The molecule has 1 aliphatic carbocycles. The van der Waals surface area contributed by atoms with E-state index in [2.05, 4.69) is 11.4 Å². The largest absolute Gasteiger partial charge is 0.385 e. The van der Waals surface area contributed by atoms with Gasteiger partial charge in [-0.05, 0) is 49.0 Å². The van der Waals surface area contributed by atoms with Crippen LogP contribution in [0, 0.1) is 11.8 Å². The van der Waals surface area contributed by atoms with Crippen molar-refractivity contribution in [2.24, 2.45) is 11.8 Å². The molecule has 3 atom stereocenters. The van der Waals surface area contributed by atoms with Crippen molar-refractivity contribution in [2.75, 3.05) is 26.8 Å². The van der Waals surface area contributed by atoms with E-state index in [1.54, 1.807) is 7.11 Å². The number of ether oxygens (including phenoxy) is 1. The SMILES string of the molecule is COCC[C@]1(c2ccc(Cl)c(Cl)c2)[C@@H]2CNC[C@@H]21. The number of fused-ring (bicyclic) bond motifs is 1. The summed E-state index contributed by atoms with van der Waals surface area (Å²) in [5.41, 5.74) is 1.58. The number of benzene rings is 1. The van der Waals surface area contributed by atoms with Crippen LogP contribution in [-0.4, -0.2) is 26.8 Å². The molecule has 18 heavy (non-hydrogen) atoms. The van der Waals surface area contributed by atoms with E-state index in [-0.39, 0.29) is 5.41 Å². The van der Waals surface area contributed by atoms with Gasteiger partial charge in [0.1, 0.15) is 0 Å². The van der Waals surface area contributed by atoms with Crippen molar-refractivity contribution < 1.29 is 4.74 Å². The first-order chi connectivity index (χ1) is 8.70. The van der Waals surface area contributed by atoms with Crippen LogP contribution in [0.15, 0.2) is 18.2 Å². The summed E-state index contributed by atoms with van der Waals surface area (Å²) in [7, 11) is 1.76. The zero-order chi connectivity index (χ0) is 12.8. The van der Waals surface area contributed by atoms with Gasteiger partial charge in [-0.2, -0.15) is 0 Å². The van der Waals surface area contributed by atoms with E-state index in [0.717, 1.165) is 38.0 Å². The molecule has 1 heterocycles. The van der Waals surface area contributed by atoms with Gasteiger partial charge in [0, 0.05) is 19.1 Å². The standard InChI is InChI=1S/C14H17Cl2NO/c1-18-5-4-14(10-7-17-8-11(10)14)9-2-3-12(15)13(16)6-9/h2-3,6,10-11,17H,4-5,7-8H2,1H3/t10-,11+,14+. The first kappa shape index (κ1) is 12.7. The molecule has 0 spiro atoms. The lowest BCUT2D eigenvalue weighted by atomic mass is 9.87. The van der Waals surface area contributed by atoms with Crippen molar-refractivity contribution >= 4 is 23.2 Å². The molecule has 0 unspecified atom stereocenters. The second kappa shape index (κ2) is 4.68. The third-order valence-corrected chi connectivity index (χ3v) is 5.34. The Morgan fingerprint density at radius 1 is 1.28 bits per heavy atom. The molecular weight excluding hydrogens is 269 g/mol. The van der Waals surface area contributed by atoms with Crippen molar-refractivity contribution in [2.45, 2.75) is 11.8 Å². The first-order valence-electron chi connectivity index (χ1n) is 6.35. The van der Waals surface area contributed by atoms with Gasteiger partial charge in [-0.1, -0.05) is 29.3 Å². The summed E-state index contributed by atoms with van der Waals surface area (Å²) in [5.74, 6) is 1.45. The number of halogens is 2. The number of piperidine rings is 1. The highest BCUT2D eigenvalue weighted by atomic mass is 35.5. The molecule has 1 aromatic rings. The molecule has 4 heteroatoms. The van der Waals surface area contributed by atoms with Crippen molar-refractivity contribution in [3.63, 3.8) is 0 Å². The van der Waals surface area contributed by atoms with E-state index in [1.165, 1.54) is 5.56 Å². The second-order valence-electron chi connectivity index (χ2n) is 5.28. The molecule has 1 aliphatic heterocycles. The molecule has 0 aromatic heterocycles. The Bertz CT molecular complexity index is 453. The van der Waals surface area contributed by atoms with Gasteiger partial charge in [-0.3, -0.25) is 0 Å². The number of methoxy groups -OCH3 is 1. The number of hydrogen-bond donors (Lipinski definition) is 1. The van der Waals surface area contributed by atoms with Gasteiger partial charge in [0.2, 0.25) is 0 Å². The molecule has 1 N–H and O–H groups in total. The highest BCUT2D eigenvalue weighted by Crippen LogP contribution is 2.64. The molecule has 1 aromatic carbocycles. The average Bonchev–Trinajstić information content (AvgIpc) is 2.74. The van der Waals surface area contributed by atoms with Crippen molar-refractivity contribution in [1.82, 2.24) is 5.32 Å². The molecule has 2 fully saturated rings. The van der Waals surface area contributed by atoms with Crippen molar-refractivity contribution in [3.05, 3.63) is 33.8 Å². The molecular formula is C14H17Cl2NO. The Morgan fingerprint density at radius 2 is 2.00 bits per heavy atom. The van der Waals surface area contributed by atoms with E-state index in [4.69, 9.17) is 27.9 Å². The zero-order valence-corrected chi connectivity index (χ0v) is 11.9. The molecule has 0 radical (unpaired) electrons. The van der Waals surface area contributed by atoms with Gasteiger partial charge < -0.3 is 10.1 Å². The fraction of sp³-hybridized carbons (Fsp3) is 0.571. The molecule has 0 amide bonds. The maximum absolute atomic E-state index is 6.16. The van der Waals surface area contributed by atoms with Gasteiger partial charge in [0.05, 0.1) is 10.0 Å². The minimum atomic E-state index is 0.259. The number of rotatable bonds is 4. The highest BCUT2D eigenvalue weighted by Gasteiger charge is 2.66. The van der Waals surface area contributed by atoms with Crippen LogP contribution in [0.2, 0.25) is 10.0 Å². The number of nitrogens with one attached hydrogen (secondary N) is 1. The Labute approximate surface area is 118 Å². The van der Waals surface area contributed by atoms with E-state index in [9.17, 15) is 0 Å². The van der Waals surface area contributed by atoms with Crippen LogP contribution < -0.4 is 5.32 Å². The van der Waals surface area contributed by atoms with E-state index in [0.29, 0.717) is 10.0 Å². The Balaban J connectivity index is 1.92.